The largest absolute Gasteiger partial charge is 0.504 e. The lowest BCUT2D eigenvalue weighted by Gasteiger charge is -2.22. The first-order valence-corrected chi connectivity index (χ1v) is 11.6. The first kappa shape index (κ1) is 26.9. The third kappa shape index (κ3) is 5.28. The molecule has 1 aromatic heterocycles. The van der Waals surface area contributed by atoms with Crippen LogP contribution in [-0.4, -0.2) is 48.0 Å². The fraction of sp³-hybridized carbons (Fsp3) is 0.179. The molecule has 11 heteroatoms. The number of amides is 1. The van der Waals surface area contributed by atoms with Crippen molar-refractivity contribution in [1.29, 1.82) is 0 Å². The molecule has 0 bridgehead atoms. The van der Waals surface area contributed by atoms with Crippen molar-refractivity contribution in [2.24, 2.45) is 5.73 Å². The van der Waals surface area contributed by atoms with Crippen molar-refractivity contribution in [2.45, 2.75) is 12.3 Å². The monoisotopic (exact) mass is 535 g/mol. The highest BCUT2D eigenvalue weighted by Crippen LogP contribution is 2.50. The molecule has 0 aliphatic carbocycles. The molecule has 1 amide bonds. The molecule has 202 valence electrons. The molecule has 0 unspecified atom stereocenters. The number of nitrogens with two attached hydrogens (primary N) is 1. The second-order valence-electron chi connectivity index (χ2n) is 8.50. The van der Waals surface area contributed by atoms with Crippen molar-refractivity contribution in [2.75, 3.05) is 20.8 Å². The maximum absolute atomic E-state index is 13.1. The van der Waals surface area contributed by atoms with Crippen molar-refractivity contribution in [3.8, 4) is 40.1 Å². The quantitative estimate of drug-likeness (QED) is 0.184. The van der Waals surface area contributed by atoms with E-state index in [0.29, 0.717) is 11.1 Å². The van der Waals surface area contributed by atoms with Crippen LogP contribution in [0.15, 0.2) is 63.8 Å². The maximum Gasteiger partial charge on any atom is 0.306 e. The molecule has 0 aliphatic rings. The van der Waals surface area contributed by atoms with Crippen LogP contribution in [-0.2, 0) is 14.3 Å². The van der Waals surface area contributed by atoms with Crippen molar-refractivity contribution < 1.29 is 43.5 Å². The number of phenolic OH excluding ortho intramolecular Hbond substituents is 3. The van der Waals surface area contributed by atoms with Gasteiger partial charge in [0, 0.05) is 23.1 Å². The van der Waals surface area contributed by atoms with Crippen LogP contribution in [0.4, 0.5) is 0 Å². The molecule has 0 saturated heterocycles. The predicted molar refractivity (Wildman–Crippen MR) is 139 cm³/mol. The van der Waals surface area contributed by atoms with Crippen LogP contribution in [0.1, 0.15) is 23.5 Å². The molecule has 0 spiro atoms. The molecule has 4 rings (SSSR count). The van der Waals surface area contributed by atoms with Gasteiger partial charge < -0.3 is 39.7 Å². The van der Waals surface area contributed by atoms with E-state index in [4.69, 9.17) is 24.4 Å². The Balaban J connectivity index is 2.04. The zero-order valence-corrected chi connectivity index (χ0v) is 21.0. The number of benzene rings is 3. The lowest BCUT2D eigenvalue weighted by Crippen LogP contribution is -2.20. The van der Waals surface area contributed by atoms with E-state index < -0.39 is 52.5 Å². The smallest absolute Gasteiger partial charge is 0.306 e. The Morgan fingerprint density at radius 1 is 0.949 bits per heavy atom. The van der Waals surface area contributed by atoms with Crippen LogP contribution in [0.3, 0.4) is 0 Å². The highest BCUT2D eigenvalue weighted by Gasteiger charge is 2.32. The molecule has 3 aromatic carbocycles. The van der Waals surface area contributed by atoms with Gasteiger partial charge in [0.25, 0.3) is 5.91 Å². The lowest BCUT2D eigenvalue weighted by atomic mass is 9.86. The van der Waals surface area contributed by atoms with E-state index in [1.807, 2.05) is 0 Å². The van der Waals surface area contributed by atoms with Gasteiger partial charge in [0.05, 0.1) is 20.6 Å². The number of ether oxygens (including phenoxy) is 3. The van der Waals surface area contributed by atoms with Crippen LogP contribution < -0.4 is 20.6 Å². The highest BCUT2D eigenvalue weighted by atomic mass is 16.5. The normalized spacial score (nSPS) is 11.6. The molecule has 4 aromatic rings. The second kappa shape index (κ2) is 11.1. The molecule has 1 heterocycles. The summed E-state index contributed by atoms with van der Waals surface area (Å²) < 4.78 is 21.6. The molecule has 0 saturated carbocycles. The highest BCUT2D eigenvalue weighted by molar-refractivity contribution is 5.93. The summed E-state index contributed by atoms with van der Waals surface area (Å²) in [4.78, 5) is 37.0. The Morgan fingerprint density at radius 3 is 2.31 bits per heavy atom. The number of phenols is 3. The van der Waals surface area contributed by atoms with Gasteiger partial charge in [-0.3, -0.25) is 14.4 Å². The molecule has 39 heavy (non-hydrogen) atoms. The summed E-state index contributed by atoms with van der Waals surface area (Å²) in [6.45, 7) is -0.467. The van der Waals surface area contributed by atoms with Gasteiger partial charge in [0.15, 0.2) is 35.0 Å². The summed E-state index contributed by atoms with van der Waals surface area (Å²) in [6, 6.07) is 14.3. The van der Waals surface area contributed by atoms with Gasteiger partial charge in [0.2, 0.25) is 5.75 Å². The molecule has 11 nitrogen and oxygen atoms in total. The average molecular weight is 536 g/mol. The molecule has 5 N–H and O–H groups in total. The zero-order valence-electron chi connectivity index (χ0n) is 21.0. The summed E-state index contributed by atoms with van der Waals surface area (Å²) in [7, 11) is 2.56. The Labute approximate surface area is 221 Å². The lowest BCUT2D eigenvalue weighted by molar-refractivity contribution is -0.140. The van der Waals surface area contributed by atoms with Crippen molar-refractivity contribution in [3.63, 3.8) is 0 Å². The van der Waals surface area contributed by atoms with Crippen molar-refractivity contribution >= 4 is 22.8 Å². The minimum absolute atomic E-state index is 0.0990. The fourth-order valence-electron chi connectivity index (χ4n) is 4.25. The minimum atomic E-state index is -1.09. The Kier molecular flexibility index (Phi) is 7.61. The summed E-state index contributed by atoms with van der Waals surface area (Å²) >= 11 is 0. The van der Waals surface area contributed by atoms with Gasteiger partial charge in [-0.2, -0.15) is 0 Å². The molecule has 0 fully saturated rings. The first-order chi connectivity index (χ1) is 18.7. The third-order valence-corrected chi connectivity index (χ3v) is 6.10. The van der Waals surface area contributed by atoms with Crippen LogP contribution >= 0.6 is 0 Å². The first-order valence-electron chi connectivity index (χ1n) is 11.6. The zero-order chi connectivity index (χ0) is 28.3. The Bertz CT molecular complexity index is 1610. The van der Waals surface area contributed by atoms with E-state index in [-0.39, 0.29) is 34.8 Å². The van der Waals surface area contributed by atoms with Gasteiger partial charge in [-0.05, 0) is 17.7 Å². The van der Waals surface area contributed by atoms with E-state index >= 15 is 0 Å². The minimum Gasteiger partial charge on any atom is -0.504 e. The number of carbonyl (C=O) groups excluding carboxylic acids is 2. The van der Waals surface area contributed by atoms with Gasteiger partial charge in [-0.25, -0.2) is 0 Å². The number of rotatable bonds is 9. The average Bonchev–Trinajstić information content (AvgIpc) is 2.94. The van der Waals surface area contributed by atoms with Crippen LogP contribution in [0.2, 0.25) is 0 Å². The van der Waals surface area contributed by atoms with Crippen LogP contribution in [0.5, 0.6) is 28.7 Å². The third-order valence-electron chi connectivity index (χ3n) is 6.10. The van der Waals surface area contributed by atoms with E-state index in [1.165, 1.54) is 26.4 Å². The number of esters is 1. The summed E-state index contributed by atoms with van der Waals surface area (Å²) in [6.07, 6.45) is -0.385. The standard InChI is InChI=1S/C28H25NO10/c1-36-18-9-8-15(10-20(18)38-13-21(29)31)16(11-22(32)37-2)23-25(33)27(35)26(34)24-17(30)12-19(39-28(23)24)14-6-4-3-5-7-14/h3-10,12,16,33-35H,11,13H2,1-2H3,(H2,29,31)/t16-/m0/s1. The number of fused-ring (bicyclic) bond motifs is 1. The number of aromatic hydroxyl groups is 3. The summed E-state index contributed by atoms with van der Waals surface area (Å²) in [5.41, 5.74) is 4.96. The topological polar surface area (TPSA) is 179 Å². The van der Waals surface area contributed by atoms with E-state index in [1.54, 1.807) is 36.4 Å². The predicted octanol–water partition coefficient (Wildman–Crippen LogP) is 3.14. The van der Waals surface area contributed by atoms with Crippen LogP contribution in [0, 0.1) is 0 Å². The van der Waals surface area contributed by atoms with E-state index in [0.717, 1.165) is 6.07 Å². The second-order valence-corrected chi connectivity index (χ2v) is 8.50. The van der Waals surface area contributed by atoms with E-state index in [2.05, 4.69) is 0 Å². The number of hydrogen-bond acceptors (Lipinski definition) is 10. The number of carbonyl (C=O) groups is 2. The number of primary amides is 1. The van der Waals surface area contributed by atoms with Gasteiger partial charge in [0.1, 0.15) is 16.7 Å². The molecular formula is C28H25NO10. The molecule has 1 atom stereocenters. The van der Waals surface area contributed by atoms with Gasteiger partial charge >= 0.3 is 5.97 Å². The molecule has 0 aliphatic heterocycles. The SMILES string of the molecule is COC(=O)C[C@@H](c1ccc(OC)c(OCC(N)=O)c1)c1c(O)c(O)c(O)c2c(=O)cc(-c3ccccc3)oc12. The van der Waals surface area contributed by atoms with Crippen molar-refractivity contribution in [3.05, 3.63) is 75.9 Å². The summed E-state index contributed by atoms with van der Waals surface area (Å²) in [5, 5.41) is 31.8. The Hall–Kier alpha value is -5.19. The maximum atomic E-state index is 13.1. The van der Waals surface area contributed by atoms with Crippen LogP contribution in [0.25, 0.3) is 22.3 Å². The van der Waals surface area contributed by atoms with Gasteiger partial charge in [-0.1, -0.05) is 36.4 Å². The molecule has 0 radical (unpaired) electrons. The molecular weight excluding hydrogens is 510 g/mol. The Morgan fingerprint density at radius 2 is 1.67 bits per heavy atom. The number of methoxy groups -OCH3 is 2. The fourth-order valence-corrected chi connectivity index (χ4v) is 4.25. The van der Waals surface area contributed by atoms with Crippen molar-refractivity contribution in [1.82, 2.24) is 0 Å². The summed E-state index contributed by atoms with van der Waals surface area (Å²) in [5.74, 6) is -4.72. The number of hydrogen-bond donors (Lipinski definition) is 4. The van der Waals surface area contributed by atoms with Gasteiger partial charge in [-0.15, -0.1) is 0 Å². The van der Waals surface area contributed by atoms with E-state index in [9.17, 15) is 29.7 Å².